The van der Waals surface area contributed by atoms with Crippen molar-refractivity contribution in [1.82, 2.24) is 0 Å². The Morgan fingerprint density at radius 1 is 0.750 bits per heavy atom. The van der Waals surface area contributed by atoms with Crippen LogP contribution < -0.4 is 0 Å². The van der Waals surface area contributed by atoms with Crippen LogP contribution in [0, 0.1) is 0 Å². The van der Waals surface area contributed by atoms with E-state index in [0.29, 0.717) is 0 Å². The third-order valence-electron chi connectivity index (χ3n) is 0. The van der Waals surface area contributed by atoms with Gasteiger partial charge in [0, 0.05) is 55.1 Å². The van der Waals surface area contributed by atoms with Crippen LogP contribution in [0.3, 0.4) is 0 Å². The first-order chi connectivity index (χ1) is 0. The molecule has 16 valence electrons. The van der Waals surface area contributed by atoms with E-state index in [1.54, 1.807) is 0 Å². The largest absolute Gasteiger partial charge is 0.153 e. The molecule has 0 aliphatic rings. The first-order valence-corrected chi connectivity index (χ1v) is 0. The van der Waals surface area contributed by atoms with Crippen LogP contribution in [0.1, 0.15) is 0 Å². The van der Waals surface area contributed by atoms with Crippen molar-refractivity contribution in [2.75, 3.05) is 0 Å². The van der Waals surface area contributed by atoms with Crippen molar-refractivity contribution in [3.05, 3.63) is 0 Å². The first-order valence-electron chi connectivity index (χ1n) is 0. The molecule has 1 unspecified atom stereocenters. The van der Waals surface area contributed by atoms with Crippen LogP contribution >= 0.6 is 9.90 Å². The minimum atomic E-state index is 0. The fraction of sp³-hybridized carbons (Fsp3) is 0. The number of rotatable bonds is 0. The third-order valence-corrected chi connectivity index (χ3v) is 0. The van der Waals surface area contributed by atoms with Gasteiger partial charge in [-0.2, -0.15) is 9.90 Å². The average molecular weight is 99.9 g/mol. The van der Waals surface area contributed by atoms with E-state index in [1.165, 1.54) is 0 Å². The summed E-state index contributed by atoms with van der Waals surface area (Å²) in [4.78, 5) is 0. The van der Waals surface area contributed by atoms with Gasteiger partial charge in [0.15, 0.2) is 0 Å². The molecule has 0 saturated heterocycles. The Balaban J connectivity index is 0. The van der Waals surface area contributed by atoms with Gasteiger partial charge < -0.3 is 0 Å². The van der Waals surface area contributed by atoms with Gasteiger partial charge in [0.1, 0.15) is 0 Å². The fourth-order valence-electron chi connectivity index (χ4n) is 0. The van der Waals surface area contributed by atoms with Crippen molar-refractivity contribution in [2.45, 2.75) is 0 Å². The van der Waals surface area contributed by atoms with E-state index >= 15 is 0 Å². The van der Waals surface area contributed by atoms with Crippen LogP contribution in [0.15, 0.2) is 0 Å². The second kappa shape index (κ2) is 19.2. The Labute approximate surface area is 64.6 Å². The summed E-state index contributed by atoms with van der Waals surface area (Å²) in [6.45, 7) is 0. The molecule has 0 aliphatic carbocycles. The summed E-state index contributed by atoms with van der Waals surface area (Å²) < 4.78 is 0. The van der Waals surface area contributed by atoms with E-state index in [-0.39, 0.29) is 65.0 Å². The molecule has 0 rings (SSSR count). The van der Waals surface area contributed by atoms with Crippen molar-refractivity contribution in [3.8, 4) is 0 Å². The van der Waals surface area contributed by atoms with Gasteiger partial charge in [-0.25, -0.2) is 0 Å². The van der Waals surface area contributed by atoms with Gasteiger partial charge in [-0.1, -0.05) is 0 Å². The molecule has 0 aromatic rings. The zero-order chi connectivity index (χ0) is 0. The van der Waals surface area contributed by atoms with Crippen molar-refractivity contribution < 1.29 is 17.4 Å². The molecule has 0 nitrogen and oxygen atoms in total. The Morgan fingerprint density at radius 2 is 0.750 bits per heavy atom. The summed E-state index contributed by atoms with van der Waals surface area (Å²) in [6.07, 6.45) is 0. The summed E-state index contributed by atoms with van der Waals surface area (Å²) in [6, 6.07) is 0. The molecule has 0 fully saturated rings. The van der Waals surface area contributed by atoms with Gasteiger partial charge in [0.2, 0.25) is 0 Å². The van der Waals surface area contributed by atoms with Crippen LogP contribution in [0.5, 0.6) is 0 Å². The molecule has 2 radical (unpaired) electrons. The topological polar surface area (TPSA) is 0 Å². The zero-order valence-electron chi connectivity index (χ0n) is 3.12. The summed E-state index contributed by atoms with van der Waals surface area (Å²) in [5.74, 6) is 0. The van der Waals surface area contributed by atoms with Crippen molar-refractivity contribution in [1.29, 1.82) is 0 Å². The third kappa shape index (κ3) is 8.90. The predicted molar refractivity (Wildman–Crippen MR) is 22.6 cm³/mol. The van der Waals surface area contributed by atoms with Crippen LogP contribution in [-0.4, -0.2) is 37.7 Å². The Kier molecular flexibility index (Phi) is 168. The van der Waals surface area contributed by atoms with Gasteiger partial charge in [-0.15, -0.1) is 0 Å². The molecule has 0 spiro atoms. The van der Waals surface area contributed by atoms with E-state index in [0.717, 1.165) is 0 Å². The maximum absolute atomic E-state index is 0. The zero-order valence-corrected chi connectivity index (χ0v) is 5.80. The minimum absolute atomic E-state index is 0. The molecule has 0 aromatic carbocycles. The summed E-state index contributed by atoms with van der Waals surface area (Å²) >= 11 is 0. The molecule has 0 amide bonds. The molecule has 0 N–H and O–H groups in total. The minimum Gasteiger partial charge on any atom is -0.153 e. The molecular weight excluding hydrogens is 96.9 g/mol. The predicted octanol–water partition coefficient (Wildman–Crippen LogP) is -0.706. The fourth-order valence-corrected chi connectivity index (χ4v) is 0. The van der Waals surface area contributed by atoms with E-state index in [1.807, 2.05) is 0 Å². The van der Waals surface area contributed by atoms with Crippen molar-refractivity contribution >= 4 is 47.6 Å². The quantitative estimate of drug-likeness (QED) is 0.278. The number of hydrogen-bond donors (Lipinski definition) is 0. The summed E-state index contributed by atoms with van der Waals surface area (Å²) in [5.41, 5.74) is 0. The molecule has 0 heterocycles. The van der Waals surface area contributed by atoms with Crippen LogP contribution in [0.25, 0.3) is 0 Å². The number of hydrogen-bond acceptors (Lipinski definition) is 0. The summed E-state index contributed by atoms with van der Waals surface area (Å²) in [5, 5.41) is 0. The van der Waals surface area contributed by atoms with E-state index in [9.17, 15) is 0 Å². The molecular formula is H3CrLi2P. The molecule has 0 aliphatic heterocycles. The Morgan fingerprint density at radius 3 is 0.750 bits per heavy atom. The smallest absolute Gasteiger partial charge is 0 e. The van der Waals surface area contributed by atoms with E-state index in [2.05, 4.69) is 0 Å². The summed E-state index contributed by atoms with van der Waals surface area (Å²) in [7, 11) is 0. The van der Waals surface area contributed by atoms with Crippen molar-refractivity contribution in [3.63, 3.8) is 0 Å². The molecule has 0 aromatic heterocycles. The molecule has 4 heteroatoms. The average Bonchev–Trinajstić information content (AvgIpc) is 0. The van der Waals surface area contributed by atoms with Gasteiger partial charge in [0.25, 0.3) is 0 Å². The van der Waals surface area contributed by atoms with Gasteiger partial charge in [-0.05, 0) is 0 Å². The maximum atomic E-state index is 0. The van der Waals surface area contributed by atoms with Crippen LogP contribution in [-0.2, 0) is 17.4 Å². The molecule has 0 bridgehead atoms. The van der Waals surface area contributed by atoms with Gasteiger partial charge >= 0.3 is 0 Å². The molecule has 4 heavy (non-hydrogen) atoms. The second-order valence-electron chi connectivity index (χ2n) is 0. The standard InChI is InChI=1S/Cr.2Li.H3P/h;;;1H3. The molecule has 0 saturated carbocycles. The van der Waals surface area contributed by atoms with E-state index in [4.69, 9.17) is 0 Å². The van der Waals surface area contributed by atoms with Crippen molar-refractivity contribution in [2.24, 2.45) is 0 Å². The van der Waals surface area contributed by atoms with Gasteiger partial charge in [-0.3, -0.25) is 0 Å². The van der Waals surface area contributed by atoms with Crippen LogP contribution in [0.4, 0.5) is 0 Å². The van der Waals surface area contributed by atoms with Gasteiger partial charge in [0.05, 0.1) is 0 Å². The Bertz CT molecular complexity index is 6.00. The SMILES string of the molecule is P.[Cr].[Li].[Li]. The normalized spacial score (nSPS) is 0. The monoisotopic (exact) mass is 100.0 g/mol. The second-order valence-corrected chi connectivity index (χ2v) is 0. The Hall–Kier alpha value is 2.16. The molecule has 1 atom stereocenters. The van der Waals surface area contributed by atoms with E-state index < -0.39 is 0 Å². The maximum Gasteiger partial charge on any atom is 0 e. The first kappa shape index (κ1) is 35.2. The van der Waals surface area contributed by atoms with Crippen LogP contribution in [0.2, 0.25) is 0 Å².